The normalized spacial score (nSPS) is 11.0. The number of benzene rings is 3. The first kappa shape index (κ1) is 30.5. The van der Waals surface area contributed by atoms with E-state index in [0.717, 1.165) is 30.0 Å². The van der Waals surface area contributed by atoms with Gasteiger partial charge in [0.15, 0.2) is 0 Å². The molecule has 0 radical (unpaired) electrons. The molecule has 5 rings (SSSR count). The van der Waals surface area contributed by atoms with Crippen LogP contribution in [-0.4, -0.2) is 22.7 Å². The van der Waals surface area contributed by atoms with Gasteiger partial charge in [0, 0.05) is 36.5 Å². The van der Waals surface area contributed by atoms with Crippen molar-refractivity contribution >= 4 is 0 Å². The number of alkyl halides is 6. The molecule has 0 amide bonds. The van der Waals surface area contributed by atoms with Crippen molar-refractivity contribution in [2.75, 3.05) is 0 Å². The van der Waals surface area contributed by atoms with Crippen LogP contribution in [0.25, 0.3) is 0 Å². The van der Waals surface area contributed by atoms with E-state index in [1.165, 1.54) is 42.5 Å². The second-order valence-corrected chi connectivity index (χ2v) is 8.15. The summed E-state index contributed by atoms with van der Waals surface area (Å²) in [6, 6.07) is 29.1. The van der Waals surface area contributed by atoms with Crippen LogP contribution in [0.1, 0.15) is 0 Å². The minimum absolute atomic E-state index is 0.0157. The molecule has 2 aromatic heterocycles. The van der Waals surface area contributed by atoms with Crippen LogP contribution in [0, 0.1) is 0 Å². The molecule has 0 bridgehead atoms. The molecule has 0 atom stereocenters. The van der Waals surface area contributed by atoms with Crippen molar-refractivity contribution in [2.24, 2.45) is 0 Å². The largest absolute Gasteiger partial charge is 0.573 e. The van der Waals surface area contributed by atoms with Crippen LogP contribution in [0.3, 0.4) is 0 Å². The number of para-hydroxylation sites is 1. The van der Waals surface area contributed by atoms with Crippen molar-refractivity contribution in [1.29, 1.82) is 0 Å². The summed E-state index contributed by atoms with van der Waals surface area (Å²) in [6.07, 6.45) is -8.00. The molecule has 0 unspecified atom stereocenters. The number of hydrogen-bond acceptors (Lipinski definition) is 7. The molecule has 0 spiro atoms. The molecule has 0 aliphatic carbocycles. The Balaban J connectivity index is 0.000000269. The van der Waals surface area contributed by atoms with E-state index < -0.39 is 24.2 Å². The summed E-state index contributed by atoms with van der Waals surface area (Å²) < 4.78 is 97.8. The van der Waals surface area contributed by atoms with Crippen LogP contribution in [0.4, 0.5) is 26.3 Å². The lowest BCUT2D eigenvalue weighted by molar-refractivity contribution is -0.275. The van der Waals surface area contributed by atoms with Gasteiger partial charge < -0.3 is 23.7 Å². The summed E-state index contributed by atoms with van der Waals surface area (Å²) in [6.45, 7) is 0. The van der Waals surface area contributed by atoms with Gasteiger partial charge in [-0.2, -0.15) is 4.98 Å². The standard InChI is InChI=1S/C19H11F6NO4.C11H9NO/c20-18(21,22)29-14-6-1-4-12(10-14)27-16-8-3-9-17(26-16)28-13-5-2-7-15(11-13)30-19(23,24)25;1-2-6-10(7-3-1)13-11-8-4-5-9-12-11/h1-11H;1-9H. The Labute approximate surface area is 240 Å². The van der Waals surface area contributed by atoms with Crippen molar-refractivity contribution in [3.05, 3.63) is 121 Å². The van der Waals surface area contributed by atoms with Crippen molar-refractivity contribution in [2.45, 2.75) is 12.7 Å². The molecule has 0 N–H and O–H groups in total. The van der Waals surface area contributed by atoms with E-state index in [2.05, 4.69) is 19.4 Å². The zero-order chi connectivity index (χ0) is 30.7. The Kier molecular flexibility index (Phi) is 9.89. The van der Waals surface area contributed by atoms with Gasteiger partial charge >= 0.3 is 12.7 Å². The monoisotopic (exact) mass is 602 g/mol. The van der Waals surface area contributed by atoms with Crippen LogP contribution in [0.5, 0.6) is 46.4 Å². The summed E-state index contributed by atoms with van der Waals surface area (Å²) in [5.41, 5.74) is 0. The summed E-state index contributed by atoms with van der Waals surface area (Å²) in [5.74, 6) is 0.445. The quantitative estimate of drug-likeness (QED) is 0.164. The Morgan fingerprint density at radius 2 is 0.837 bits per heavy atom. The van der Waals surface area contributed by atoms with Gasteiger partial charge in [-0.05, 0) is 42.5 Å². The molecular weight excluding hydrogens is 582 g/mol. The smallest absolute Gasteiger partial charge is 0.439 e. The third kappa shape index (κ3) is 11.1. The zero-order valence-corrected chi connectivity index (χ0v) is 21.8. The maximum Gasteiger partial charge on any atom is 0.573 e. The molecule has 0 fully saturated rings. The average molecular weight is 602 g/mol. The van der Waals surface area contributed by atoms with Gasteiger partial charge in [0.2, 0.25) is 17.6 Å². The predicted molar refractivity (Wildman–Crippen MR) is 141 cm³/mol. The van der Waals surface area contributed by atoms with Gasteiger partial charge in [-0.3, -0.25) is 0 Å². The van der Waals surface area contributed by atoms with Crippen LogP contribution in [0.2, 0.25) is 0 Å². The number of ether oxygens (including phenoxy) is 5. The van der Waals surface area contributed by atoms with E-state index in [-0.39, 0.29) is 23.3 Å². The molecule has 43 heavy (non-hydrogen) atoms. The van der Waals surface area contributed by atoms with E-state index in [0.29, 0.717) is 5.88 Å². The van der Waals surface area contributed by atoms with E-state index in [4.69, 9.17) is 14.2 Å². The summed E-state index contributed by atoms with van der Waals surface area (Å²) in [4.78, 5) is 8.05. The molecule has 0 aliphatic rings. The Morgan fingerprint density at radius 3 is 1.33 bits per heavy atom. The van der Waals surface area contributed by atoms with Crippen LogP contribution in [-0.2, 0) is 0 Å². The molecule has 3 aromatic carbocycles. The number of hydrogen-bond donors (Lipinski definition) is 0. The van der Waals surface area contributed by atoms with Crippen LogP contribution < -0.4 is 23.7 Å². The molecule has 0 aliphatic heterocycles. The molecule has 13 heteroatoms. The first-order valence-corrected chi connectivity index (χ1v) is 12.2. The molecule has 7 nitrogen and oxygen atoms in total. The predicted octanol–water partition coefficient (Wildman–Crippen LogP) is 9.34. The molecular formula is C30H20F6N2O5. The number of rotatable bonds is 8. The Hall–Kier alpha value is -5.46. The topological polar surface area (TPSA) is 71.9 Å². The Bertz CT molecular complexity index is 1470. The molecule has 222 valence electrons. The van der Waals surface area contributed by atoms with E-state index in [1.54, 1.807) is 6.20 Å². The number of nitrogens with zero attached hydrogens (tertiary/aromatic N) is 2. The summed E-state index contributed by atoms with van der Waals surface area (Å²) in [5, 5.41) is 0. The minimum Gasteiger partial charge on any atom is -0.439 e. The van der Waals surface area contributed by atoms with Crippen LogP contribution >= 0.6 is 0 Å². The van der Waals surface area contributed by atoms with Gasteiger partial charge in [-0.1, -0.05) is 42.5 Å². The fraction of sp³-hybridized carbons (Fsp3) is 0.0667. The average Bonchev–Trinajstić information content (AvgIpc) is 2.93. The third-order valence-corrected chi connectivity index (χ3v) is 4.82. The van der Waals surface area contributed by atoms with Gasteiger partial charge in [-0.15, -0.1) is 26.3 Å². The van der Waals surface area contributed by atoms with Gasteiger partial charge in [0.05, 0.1) is 0 Å². The highest BCUT2D eigenvalue weighted by Gasteiger charge is 2.32. The first-order chi connectivity index (χ1) is 20.5. The second-order valence-electron chi connectivity index (χ2n) is 8.15. The van der Waals surface area contributed by atoms with E-state index in [1.807, 2.05) is 48.5 Å². The van der Waals surface area contributed by atoms with Gasteiger partial charge in [-0.25, -0.2) is 4.98 Å². The number of halogens is 6. The molecule has 0 saturated carbocycles. The molecule has 2 heterocycles. The lowest BCUT2D eigenvalue weighted by Gasteiger charge is -2.12. The van der Waals surface area contributed by atoms with Crippen molar-refractivity contribution in [3.8, 4) is 46.4 Å². The Morgan fingerprint density at radius 1 is 0.419 bits per heavy atom. The maximum atomic E-state index is 12.3. The first-order valence-electron chi connectivity index (χ1n) is 12.2. The second kappa shape index (κ2) is 13.9. The van der Waals surface area contributed by atoms with Crippen molar-refractivity contribution in [1.82, 2.24) is 9.97 Å². The van der Waals surface area contributed by atoms with Crippen molar-refractivity contribution < 1.29 is 50.0 Å². The van der Waals surface area contributed by atoms with E-state index in [9.17, 15) is 26.3 Å². The van der Waals surface area contributed by atoms with Crippen LogP contribution in [0.15, 0.2) is 121 Å². The molecule has 0 saturated heterocycles. The lowest BCUT2D eigenvalue weighted by atomic mass is 10.3. The highest BCUT2D eigenvalue weighted by Crippen LogP contribution is 2.31. The van der Waals surface area contributed by atoms with Crippen molar-refractivity contribution in [3.63, 3.8) is 0 Å². The molecule has 5 aromatic rings. The minimum atomic E-state index is -4.85. The van der Waals surface area contributed by atoms with Gasteiger partial charge in [0.25, 0.3) is 0 Å². The fourth-order valence-electron chi connectivity index (χ4n) is 3.24. The maximum absolute atomic E-state index is 12.3. The fourth-order valence-corrected chi connectivity index (χ4v) is 3.24. The van der Waals surface area contributed by atoms with E-state index >= 15 is 0 Å². The highest BCUT2D eigenvalue weighted by atomic mass is 19.4. The summed E-state index contributed by atoms with van der Waals surface area (Å²) in [7, 11) is 0. The lowest BCUT2D eigenvalue weighted by Crippen LogP contribution is -2.17. The van der Waals surface area contributed by atoms with Gasteiger partial charge in [0.1, 0.15) is 28.7 Å². The number of aromatic nitrogens is 2. The third-order valence-electron chi connectivity index (χ3n) is 4.82. The zero-order valence-electron chi connectivity index (χ0n) is 21.8. The summed E-state index contributed by atoms with van der Waals surface area (Å²) >= 11 is 0. The SMILES string of the molecule is FC(F)(F)Oc1cccc(Oc2cccc(Oc3cccc(OC(F)(F)F)c3)n2)c1.c1ccc(Oc2ccccn2)cc1. The highest BCUT2D eigenvalue weighted by molar-refractivity contribution is 5.38. The number of pyridine rings is 2.